The standard InChI is InChI=1S/C38H68N2O2/c39-37(41)35-33-31-29-27-25-23-21-19-17-15-13-11-9-7-5-3-1-2-4-6-8-10-12-14-16-18-20-22-24-26-28-30-32-34-36-38(40)42/h29-36H,1-28H2,(H2,39,41)(H2,40,42). The molecule has 0 aliphatic carbocycles. The molecule has 0 radical (unpaired) electrons. The molecule has 0 rings (SSSR count). The Morgan fingerprint density at radius 2 is 0.500 bits per heavy atom. The van der Waals surface area contributed by atoms with Crippen molar-refractivity contribution in [2.75, 3.05) is 0 Å². The summed E-state index contributed by atoms with van der Waals surface area (Å²) in [5.74, 6) is -0.771. The van der Waals surface area contributed by atoms with Gasteiger partial charge in [-0.05, 0) is 25.7 Å². The lowest BCUT2D eigenvalue weighted by molar-refractivity contribution is -0.114. The van der Waals surface area contributed by atoms with Gasteiger partial charge < -0.3 is 11.5 Å². The van der Waals surface area contributed by atoms with Gasteiger partial charge in [0.25, 0.3) is 0 Å². The Morgan fingerprint density at radius 3 is 0.690 bits per heavy atom. The van der Waals surface area contributed by atoms with E-state index in [-0.39, 0.29) is 11.8 Å². The minimum atomic E-state index is -0.385. The molecule has 0 saturated heterocycles. The molecule has 0 heterocycles. The molecule has 242 valence electrons. The van der Waals surface area contributed by atoms with Crippen LogP contribution in [0.1, 0.15) is 180 Å². The highest BCUT2D eigenvalue weighted by molar-refractivity contribution is 5.86. The molecule has 0 fully saturated rings. The molecule has 2 amide bonds. The zero-order valence-corrected chi connectivity index (χ0v) is 27.4. The van der Waals surface area contributed by atoms with E-state index in [1.165, 1.54) is 179 Å². The fourth-order valence-electron chi connectivity index (χ4n) is 5.42. The number of rotatable bonds is 33. The summed E-state index contributed by atoms with van der Waals surface area (Å²) < 4.78 is 0. The molecule has 0 saturated carbocycles. The Morgan fingerprint density at radius 1 is 0.310 bits per heavy atom. The summed E-state index contributed by atoms with van der Waals surface area (Å²) in [6, 6.07) is 0. The molecular weight excluding hydrogens is 516 g/mol. The van der Waals surface area contributed by atoms with Crippen molar-refractivity contribution in [1.29, 1.82) is 0 Å². The van der Waals surface area contributed by atoms with Gasteiger partial charge in [-0.15, -0.1) is 0 Å². The average molecular weight is 585 g/mol. The van der Waals surface area contributed by atoms with Crippen molar-refractivity contribution in [2.24, 2.45) is 11.5 Å². The second-order valence-corrected chi connectivity index (χ2v) is 12.1. The second-order valence-electron chi connectivity index (χ2n) is 12.1. The fourth-order valence-corrected chi connectivity index (χ4v) is 5.42. The average Bonchev–Trinajstić information content (AvgIpc) is 2.96. The molecule has 0 spiro atoms. The number of unbranched alkanes of at least 4 members (excludes halogenated alkanes) is 27. The van der Waals surface area contributed by atoms with E-state index >= 15 is 0 Å². The second kappa shape index (κ2) is 35.1. The van der Waals surface area contributed by atoms with Crippen LogP contribution in [-0.2, 0) is 9.59 Å². The van der Waals surface area contributed by atoms with Crippen LogP contribution < -0.4 is 11.5 Å². The SMILES string of the molecule is NC(=O)C=CC=CCCCCCCCCCCCCCCCCCCCCCCCCCCCCC=CC=CC(N)=O. The van der Waals surface area contributed by atoms with Crippen molar-refractivity contribution < 1.29 is 9.59 Å². The number of amides is 2. The molecule has 0 aliphatic rings. The summed E-state index contributed by atoms with van der Waals surface area (Å²) in [5.41, 5.74) is 10.1. The lowest BCUT2D eigenvalue weighted by Gasteiger charge is -2.04. The number of allylic oxidation sites excluding steroid dienone is 6. The Bertz CT molecular complexity index is 648. The van der Waals surface area contributed by atoms with Gasteiger partial charge >= 0.3 is 0 Å². The van der Waals surface area contributed by atoms with Crippen molar-refractivity contribution in [2.45, 2.75) is 180 Å². The van der Waals surface area contributed by atoms with E-state index in [2.05, 4.69) is 12.2 Å². The smallest absolute Gasteiger partial charge is 0.241 e. The highest BCUT2D eigenvalue weighted by atomic mass is 16.1. The Balaban J connectivity index is 3.12. The Hall–Kier alpha value is -2.10. The fraction of sp³-hybridized carbons (Fsp3) is 0.737. The molecule has 0 aromatic rings. The minimum Gasteiger partial charge on any atom is -0.366 e. The lowest BCUT2D eigenvalue weighted by atomic mass is 10.0. The molecule has 0 aromatic carbocycles. The van der Waals surface area contributed by atoms with Crippen LogP contribution in [0, 0.1) is 0 Å². The number of nitrogens with two attached hydrogens (primary N) is 2. The molecule has 4 N–H and O–H groups in total. The molecular formula is C38H68N2O2. The molecule has 0 atom stereocenters. The van der Waals surface area contributed by atoms with Crippen LogP contribution in [-0.4, -0.2) is 11.8 Å². The van der Waals surface area contributed by atoms with Gasteiger partial charge in [-0.3, -0.25) is 9.59 Å². The first-order valence-electron chi connectivity index (χ1n) is 17.9. The molecule has 42 heavy (non-hydrogen) atoms. The molecule has 0 bridgehead atoms. The van der Waals surface area contributed by atoms with Crippen molar-refractivity contribution in [3.05, 3.63) is 48.6 Å². The van der Waals surface area contributed by atoms with E-state index in [1.807, 2.05) is 12.2 Å². The van der Waals surface area contributed by atoms with E-state index in [0.29, 0.717) is 0 Å². The normalized spacial score (nSPS) is 12.1. The van der Waals surface area contributed by atoms with Crippen molar-refractivity contribution >= 4 is 11.8 Å². The van der Waals surface area contributed by atoms with Gasteiger partial charge in [-0.2, -0.15) is 0 Å². The van der Waals surface area contributed by atoms with E-state index in [1.54, 1.807) is 12.2 Å². The molecule has 0 aliphatic heterocycles. The van der Waals surface area contributed by atoms with E-state index in [4.69, 9.17) is 11.5 Å². The number of carbonyl (C=O) groups excluding carboxylic acids is 2. The third kappa shape index (κ3) is 37.9. The number of hydrogen-bond donors (Lipinski definition) is 2. The highest BCUT2D eigenvalue weighted by Crippen LogP contribution is 2.16. The van der Waals surface area contributed by atoms with E-state index < -0.39 is 0 Å². The zero-order chi connectivity index (χ0) is 30.6. The summed E-state index contributed by atoms with van der Waals surface area (Å²) in [6.07, 6.45) is 52.8. The van der Waals surface area contributed by atoms with Gasteiger partial charge in [0.15, 0.2) is 0 Å². The van der Waals surface area contributed by atoms with Gasteiger partial charge in [-0.1, -0.05) is 191 Å². The quantitative estimate of drug-likeness (QED) is 0.0456. The van der Waals surface area contributed by atoms with Gasteiger partial charge in [-0.25, -0.2) is 0 Å². The third-order valence-corrected chi connectivity index (χ3v) is 8.01. The predicted octanol–water partition coefficient (Wildman–Crippen LogP) is 11.1. The largest absolute Gasteiger partial charge is 0.366 e. The summed E-state index contributed by atoms with van der Waals surface area (Å²) in [6.45, 7) is 0. The molecule has 0 unspecified atom stereocenters. The predicted molar refractivity (Wildman–Crippen MR) is 184 cm³/mol. The van der Waals surface area contributed by atoms with Crippen LogP contribution in [0.2, 0.25) is 0 Å². The lowest BCUT2D eigenvalue weighted by Crippen LogP contribution is -2.04. The first-order valence-corrected chi connectivity index (χ1v) is 17.9. The van der Waals surface area contributed by atoms with Crippen LogP contribution in [0.4, 0.5) is 0 Å². The highest BCUT2D eigenvalue weighted by Gasteiger charge is 1.96. The van der Waals surface area contributed by atoms with Crippen LogP contribution in [0.15, 0.2) is 48.6 Å². The Kier molecular flexibility index (Phi) is 33.3. The number of hydrogen-bond acceptors (Lipinski definition) is 2. The van der Waals surface area contributed by atoms with Gasteiger partial charge in [0.2, 0.25) is 11.8 Å². The monoisotopic (exact) mass is 585 g/mol. The summed E-state index contributed by atoms with van der Waals surface area (Å²) in [5, 5.41) is 0. The first kappa shape index (κ1) is 39.9. The van der Waals surface area contributed by atoms with Gasteiger partial charge in [0.05, 0.1) is 0 Å². The maximum absolute atomic E-state index is 10.6. The van der Waals surface area contributed by atoms with E-state index in [0.717, 1.165) is 12.8 Å². The van der Waals surface area contributed by atoms with Gasteiger partial charge in [0.1, 0.15) is 0 Å². The Labute approximate surface area is 260 Å². The van der Waals surface area contributed by atoms with Gasteiger partial charge in [0, 0.05) is 12.2 Å². The summed E-state index contributed by atoms with van der Waals surface area (Å²) in [7, 11) is 0. The maximum atomic E-state index is 10.6. The van der Waals surface area contributed by atoms with Crippen LogP contribution in [0.25, 0.3) is 0 Å². The topological polar surface area (TPSA) is 86.2 Å². The van der Waals surface area contributed by atoms with Crippen LogP contribution in [0.3, 0.4) is 0 Å². The van der Waals surface area contributed by atoms with Crippen LogP contribution >= 0.6 is 0 Å². The van der Waals surface area contributed by atoms with Crippen LogP contribution in [0.5, 0.6) is 0 Å². The van der Waals surface area contributed by atoms with E-state index in [9.17, 15) is 9.59 Å². The molecule has 4 heteroatoms. The third-order valence-electron chi connectivity index (χ3n) is 8.01. The summed E-state index contributed by atoms with van der Waals surface area (Å²) >= 11 is 0. The zero-order valence-electron chi connectivity index (χ0n) is 27.4. The number of primary amides is 2. The molecule has 0 aromatic heterocycles. The van der Waals surface area contributed by atoms with Crippen molar-refractivity contribution in [3.63, 3.8) is 0 Å². The van der Waals surface area contributed by atoms with Crippen molar-refractivity contribution in [1.82, 2.24) is 0 Å². The maximum Gasteiger partial charge on any atom is 0.241 e. The first-order chi connectivity index (χ1) is 20.6. The summed E-state index contributed by atoms with van der Waals surface area (Å²) in [4.78, 5) is 21.2. The minimum absolute atomic E-state index is 0.385. The molecule has 4 nitrogen and oxygen atoms in total. The number of carbonyl (C=O) groups is 2. The van der Waals surface area contributed by atoms with Crippen molar-refractivity contribution in [3.8, 4) is 0 Å².